The van der Waals surface area contributed by atoms with Crippen molar-refractivity contribution in [2.75, 3.05) is 13.1 Å². The fourth-order valence-electron chi connectivity index (χ4n) is 3.32. The highest BCUT2D eigenvalue weighted by Gasteiger charge is 2.28. The topological polar surface area (TPSA) is 15.3 Å². The van der Waals surface area contributed by atoms with Gasteiger partial charge in [-0.2, -0.15) is 0 Å². The van der Waals surface area contributed by atoms with Crippen molar-refractivity contribution >= 4 is 0 Å². The predicted octanol–water partition coefficient (Wildman–Crippen LogP) is 2.63. The molecular weight excluding hydrogens is 220 g/mol. The van der Waals surface area contributed by atoms with E-state index in [4.69, 9.17) is 0 Å². The predicted molar refractivity (Wildman–Crippen MR) is 75.8 cm³/mol. The first-order chi connectivity index (χ1) is 8.70. The van der Waals surface area contributed by atoms with E-state index in [1.54, 1.807) is 0 Å². The molecule has 2 nitrogen and oxygen atoms in total. The van der Waals surface area contributed by atoms with E-state index in [-0.39, 0.29) is 0 Å². The van der Waals surface area contributed by atoms with Gasteiger partial charge in [0.25, 0.3) is 0 Å². The molecule has 2 saturated heterocycles. The van der Waals surface area contributed by atoms with E-state index in [1.807, 2.05) is 0 Å². The number of hydrogen-bond donors (Lipinski definition) is 1. The Bertz CT molecular complexity index is 427. The van der Waals surface area contributed by atoms with Gasteiger partial charge in [0.05, 0.1) is 0 Å². The zero-order valence-electron chi connectivity index (χ0n) is 11.6. The van der Waals surface area contributed by atoms with Crippen LogP contribution in [0.25, 0.3) is 0 Å². The Labute approximate surface area is 110 Å². The Kier molecular flexibility index (Phi) is 3.40. The Morgan fingerprint density at radius 3 is 2.78 bits per heavy atom. The van der Waals surface area contributed by atoms with Gasteiger partial charge in [0.2, 0.25) is 0 Å². The Morgan fingerprint density at radius 2 is 1.94 bits per heavy atom. The molecule has 1 aromatic rings. The lowest BCUT2D eigenvalue weighted by atomic mass is 10.0. The number of hydrogen-bond acceptors (Lipinski definition) is 2. The van der Waals surface area contributed by atoms with Crippen LogP contribution in [0.1, 0.15) is 36.0 Å². The summed E-state index contributed by atoms with van der Waals surface area (Å²) in [6.45, 7) is 8.00. The van der Waals surface area contributed by atoms with Gasteiger partial charge >= 0.3 is 0 Å². The van der Waals surface area contributed by atoms with Crippen LogP contribution in [0.2, 0.25) is 0 Å². The molecule has 0 aromatic heterocycles. The summed E-state index contributed by atoms with van der Waals surface area (Å²) >= 11 is 0. The van der Waals surface area contributed by atoms with Crippen LogP contribution >= 0.6 is 0 Å². The number of benzene rings is 1. The fraction of sp³-hybridized carbons (Fsp3) is 0.625. The lowest BCUT2D eigenvalue weighted by Gasteiger charge is -2.24. The normalized spacial score (nSPS) is 28.3. The standard InChI is InChI=1S/C16H24N2/c1-12-3-4-14(9-13(12)2)10-18-8-7-15-5-6-16(11-18)17-15/h3-4,9,15-17H,5-8,10-11H2,1-2H3. The number of nitrogens with one attached hydrogen (secondary N) is 1. The summed E-state index contributed by atoms with van der Waals surface area (Å²) in [6, 6.07) is 8.43. The maximum Gasteiger partial charge on any atom is 0.0234 e. The van der Waals surface area contributed by atoms with Crippen LogP contribution in [-0.4, -0.2) is 30.1 Å². The molecule has 2 atom stereocenters. The van der Waals surface area contributed by atoms with E-state index in [9.17, 15) is 0 Å². The molecule has 0 radical (unpaired) electrons. The molecule has 0 spiro atoms. The first kappa shape index (κ1) is 12.2. The number of likely N-dealkylation sites (tertiary alicyclic amines) is 1. The van der Waals surface area contributed by atoms with Crippen molar-refractivity contribution < 1.29 is 0 Å². The molecule has 1 aromatic carbocycles. The molecule has 1 N–H and O–H groups in total. The van der Waals surface area contributed by atoms with Crippen LogP contribution < -0.4 is 5.32 Å². The molecule has 0 aliphatic carbocycles. The largest absolute Gasteiger partial charge is 0.310 e. The van der Waals surface area contributed by atoms with Gasteiger partial charge in [-0.15, -0.1) is 0 Å². The van der Waals surface area contributed by atoms with Gasteiger partial charge in [-0.3, -0.25) is 4.90 Å². The Hall–Kier alpha value is -0.860. The third-order valence-corrected chi connectivity index (χ3v) is 4.58. The molecule has 0 amide bonds. The van der Waals surface area contributed by atoms with Crippen LogP contribution in [0, 0.1) is 13.8 Å². The Morgan fingerprint density at radius 1 is 1.11 bits per heavy atom. The van der Waals surface area contributed by atoms with Gasteiger partial charge in [0, 0.05) is 31.7 Å². The van der Waals surface area contributed by atoms with Crippen LogP contribution in [-0.2, 0) is 6.54 Å². The highest BCUT2D eigenvalue weighted by molar-refractivity contribution is 5.29. The Balaban J connectivity index is 1.66. The lowest BCUT2D eigenvalue weighted by molar-refractivity contribution is 0.251. The molecule has 98 valence electrons. The van der Waals surface area contributed by atoms with E-state index in [2.05, 4.69) is 42.3 Å². The minimum Gasteiger partial charge on any atom is -0.310 e. The molecular formula is C16H24N2. The number of nitrogens with zero attached hydrogens (tertiary/aromatic N) is 1. The highest BCUT2D eigenvalue weighted by atomic mass is 15.2. The molecule has 2 heterocycles. The van der Waals surface area contributed by atoms with Crippen molar-refractivity contribution in [2.45, 2.75) is 51.7 Å². The summed E-state index contributed by atoms with van der Waals surface area (Å²) in [7, 11) is 0. The van der Waals surface area contributed by atoms with E-state index in [0.29, 0.717) is 0 Å². The molecule has 2 unspecified atom stereocenters. The quantitative estimate of drug-likeness (QED) is 0.860. The maximum absolute atomic E-state index is 3.75. The van der Waals surface area contributed by atoms with Gasteiger partial charge < -0.3 is 5.32 Å². The van der Waals surface area contributed by atoms with Crippen molar-refractivity contribution in [3.8, 4) is 0 Å². The first-order valence-electron chi connectivity index (χ1n) is 7.25. The number of aryl methyl sites for hydroxylation is 2. The molecule has 2 fully saturated rings. The van der Waals surface area contributed by atoms with Gasteiger partial charge in [0.15, 0.2) is 0 Å². The van der Waals surface area contributed by atoms with E-state index in [0.717, 1.165) is 18.6 Å². The van der Waals surface area contributed by atoms with Crippen molar-refractivity contribution in [3.05, 3.63) is 34.9 Å². The molecule has 2 aliphatic rings. The molecule has 2 heteroatoms. The first-order valence-corrected chi connectivity index (χ1v) is 7.25. The van der Waals surface area contributed by atoms with Gasteiger partial charge in [-0.25, -0.2) is 0 Å². The van der Waals surface area contributed by atoms with E-state index in [1.165, 1.54) is 49.0 Å². The molecule has 3 rings (SSSR count). The van der Waals surface area contributed by atoms with Crippen molar-refractivity contribution in [1.29, 1.82) is 0 Å². The summed E-state index contributed by atoms with van der Waals surface area (Å²) in [5.74, 6) is 0. The van der Waals surface area contributed by atoms with Crippen molar-refractivity contribution in [3.63, 3.8) is 0 Å². The van der Waals surface area contributed by atoms with Gasteiger partial charge in [0.1, 0.15) is 0 Å². The second-order valence-corrected chi connectivity index (χ2v) is 6.08. The lowest BCUT2D eigenvalue weighted by Crippen LogP contribution is -2.34. The maximum atomic E-state index is 3.75. The monoisotopic (exact) mass is 244 g/mol. The van der Waals surface area contributed by atoms with E-state index < -0.39 is 0 Å². The zero-order chi connectivity index (χ0) is 12.5. The van der Waals surface area contributed by atoms with Gasteiger partial charge in [-0.05, 0) is 49.8 Å². The average molecular weight is 244 g/mol. The van der Waals surface area contributed by atoms with E-state index >= 15 is 0 Å². The van der Waals surface area contributed by atoms with Gasteiger partial charge in [-0.1, -0.05) is 18.2 Å². The fourth-order valence-corrected chi connectivity index (χ4v) is 3.32. The second kappa shape index (κ2) is 5.02. The molecule has 2 aliphatic heterocycles. The number of rotatable bonds is 2. The molecule has 18 heavy (non-hydrogen) atoms. The minimum absolute atomic E-state index is 0.740. The SMILES string of the molecule is Cc1ccc(CN2CCC3CCC(C2)N3)cc1C. The zero-order valence-corrected chi connectivity index (χ0v) is 11.6. The summed E-state index contributed by atoms with van der Waals surface area (Å²) in [5, 5.41) is 3.75. The summed E-state index contributed by atoms with van der Waals surface area (Å²) in [5.41, 5.74) is 4.29. The number of fused-ring (bicyclic) bond motifs is 2. The smallest absolute Gasteiger partial charge is 0.0234 e. The molecule has 0 saturated carbocycles. The molecule has 2 bridgehead atoms. The summed E-state index contributed by atoms with van der Waals surface area (Å²) in [4.78, 5) is 2.63. The third-order valence-electron chi connectivity index (χ3n) is 4.58. The van der Waals surface area contributed by atoms with Crippen LogP contribution in [0.4, 0.5) is 0 Å². The highest BCUT2D eigenvalue weighted by Crippen LogP contribution is 2.22. The van der Waals surface area contributed by atoms with Crippen molar-refractivity contribution in [1.82, 2.24) is 10.2 Å². The minimum atomic E-state index is 0.740. The van der Waals surface area contributed by atoms with Crippen LogP contribution in [0.5, 0.6) is 0 Å². The summed E-state index contributed by atoms with van der Waals surface area (Å²) < 4.78 is 0. The summed E-state index contributed by atoms with van der Waals surface area (Å²) in [6.07, 6.45) is 4.08. The third kappa shape index (κ3) is 2.60. The average Bonchev–Trinajstić information content (AvgIpc) is 2.68. The van der Waals surface area contributed by atoms with Crippen molar-refractivity contribution in [2.24, 2.45) is 0 Å². The van der Waals surface area contributed by atoms with Crippen LogP contribution in [0.3, 0.4) is 0 Å². The van der Waals surface area contributed by atoms with Crippen LogP contribution in [0.15, 0.2) is 18.2 Å². The second-order valence-electron chi connectivity index (χ2n) is 6.08.